The molecule has 10 heteroatoms. The topological polar surface area (TPSA) is 78.6 Å². The number of alkyl halides is 3. The van der Waals surface area contributed by atoms with E-state index in [0.717, 1.165) is 23.9 Å². The number of anilines is 1. The molecule has 0 saturated carbocycles. The van der Waals surface area contributed by atoms with Crippen LogP contribution in [0.15, 0.2) is 28.8 Å². The lowest BCUT2D eigenvalue weighted by atomic mass is 9.93. The van der Waals surface area contributed by atoms with Gasteiger partial charge in [0.2, 0.25) is 5.88 Å². The first kappa shape index (κ1) is 21.4. The minimum Gasteiger partial charge on any atom is -0.396 e. The molecule has 6 nitrogen and oxygen atoms in total. The second-order valence-electron chi connectivity index (χ2n) is 6.88. The second kappa shape index (κ2) is 9.04. The summed E-state index contributed by atoms with van der Waals surface area (Å²) >= 11 is 5.72. The summed E-state index contributed by atoms with van der Waals surface area (Å²) in [5, 5.41) is 15.4. The Bertz CT molecular complexity index is 849. The summed E-state index contributed by atoms with van der Waals surface area (Å²) in [6.07, 6.45) is -2.61. The number of rotatable bonds is 6. The summed E-state index contributed by atoms with van der Waals surface area (Å²) in [6, 6.07) is 4.88. The van der Waals surface area contributed by atoms with Gasteiger partial charge in [-0.15, -0.1) is 0 Å². The number of aliphatic hydroxyl groups is 1. The van der Waals surface area contributed by atoms with Gasteiger partial charge in [0.25, 0.3) is 5.91 Å². The summed E-state index contributed by atoms with van der Waals surface area (Å²) in [4.78, 5) is 14.2. The van der Waals surface area contributed by atoms with E-state index in [4.69, 9.17) is 21.2 Å². The highest BCUT2D eigenvalue weighted by atomic mass is 35.5. The van der Waals surface area contributed by atoms with Crippen LogP contribution < -0.4 is 5.32 Å². The van der Waals surface area contributed by atoms with Crippen LogP contribution in [0, 0.1) is 0 Å². The number of halogens is 4. The van der Waals surface area contributed by atoms with Gasteiger partial charge < -0.3 is 19.8 Å². The van der Waals surface area contributed by atoms with Gasteiger partial charge in [0.05, 0.1) is 16.3 Å². The lowest BCUT2D eigenvalue weighted by molar-refractivity contribution is -0.137. The zero-order chi connectivity index (χ0) is 21.0. The van der Waals surface area contributed by atoms with E-state index in [1.165, 1.54) is 0 Å². The molecule has 0 unspecified atom stereocenters. The first-order chi connectivity index (χ1) is 13.8. The monoisotopic (exact) mass is 431 g/mol. The number of carbonyl (C=O) groups excluding carboxylic acids is 1. The van der Waals surface area contributed by atoms with E-state index in [1.54, 1.807) is 4.90 Å². The summed E-state index contributed by atoms with van der Waals surface area (Å²) in [7, 11) is 0. The van der Waals surface area contributed by atoms with Gasteiger partial charge in [0.15, 0.2) is 0 Å². The van der Waals surface area contributed by atoms with Crippen molar-refractivity contribution in [2.45, 2.75) is 31.4 Å². The number of likely N-dealkylation sites (tertiary alicyclic amines) is 1. The van der Waals surface area contributed by atoms with E-state index in [9.17, 15) is 18.0 Å². The van der Waals surface area contributed by atoms with Crippen LogP contribution >= 0.6 is 11.6 Å². The summed E-state index contributed by atoms with van der Waals surface area (Å²) in [6.45, 7) is 1.59. The number of nitrogens with one attached hydrogen (secondary N) is 1. The number of carbonyl (C=O) groups is 1. The molecule has 1 amide bonds. The summed E-state index contributed by atoms with van der Waals surface area (Å²) < 4.78 is 43.7. The van der Waals surface area contributed by atoms with Crippen LogP contribution in [0.2, 0.25) is 5.02 Å². The minimum absolute atomic E-state index is 0.0879. The van der Waals surface area contributed by atoms with Gasteiger partial charge in [-0.2, -0.15) is 13.2 Å². The molecule has 0 atom stereocenters. The van der Waals surface area contributed by atoms with Gasteiger partial charge in [-0.05, 0) is 37.5 Å². The zero-order valence-corrected chi connectivity index (χ0v) is 16.3. The number of piperidine rings is 1. The Labute approximate surface area is 170 Å². The van der Waals surface area contributed by atoms with Crippen molar-refractivity contribution >= 4 is 23.4 Å². The fourth-order valence-electron chi connectivity index (χ4n) is 3.29. The quantitative estimate of drug-likeness (QED) is 0.671. The first-order valence-corrected chi connectivity index (χ1v) is 9.64. The molecular weight excluding hydrogens is 411 g/mol. The average molecular weight is 432 g/mol. The smallest absolute Gasteiger partial charge is 0.396 e. The Morgan fingerprint density at radius 2 is 2.03 bits per heavy atom. The van der Waals surface area contributed by atoms with E-state index >= 15 is 0 Å². The lowest BCUT2D eigenvalue weighted by Crippen LogP contribution is -2.38. The molecule has 2 heterocycles. The van der Waals surface area contributed by atoms with Crippen molar-refractivity contribution in [3.05, 3.63) is 46.1 Å². The van der Waals surface area contributed by atoms with Gasteiger partial charge in [-0.1, -0.05) is 16.8 Å². The molecule has 0 radical (unpaired) electrons. The highest BCUT2D eigenvalue weighted by molar-refractivity contribution is 6.31. The molecule has 0 aliphatic carbocycles. The molecule has 1 saturated heterocycles. The molecule has 2 aromatic rings. The molecule has 1 aromatic heterocycles. The van der Waals surface area contributed by atoms with Crippen molar-refractivity contribution < 1.29 is 27.6 Å². The predicted octanol–water partition coefficient (Wildman–Crippen LogP) is 4.16. The highest BCUT2D eigenvalue weighted by Gasteiger charge is 2.34. The standard InChI is InChI=1S/C19H21ClF3N3O3/c20-15-10-13(2-3-14(15)19(21,22)23)18(28)26-7-4-12(5-8-26)16-11-17(29-25-16)24-6-1-9-27/h2-3,10-12,24,27H,1,4-9H2. The second-order valence-corrected chi connectivity index (χ2v) is 7.29. The minimum atomic E-state index is -4.56. The maximum absolute atomic E-state index is 12.8. The van der Waals surface area contributed by atoms with Gasteiger partial charge in [0.1, 0.15) is 0 Å². The molecule has 2 N–H and O–H groups in total. The Kier molecular flexibility index (Phi) is 6.69. The van der Waals surface area contributed by atoms with E-state index < -0.39 is 16.8 Å². The molecule has 158 valence electrons. The number of hydrogen-bond donors (Lipinski definition) is 2. The molecule has 1 aliphatic heterocycles. The number of amides is 1. The molecule has 29 heavy (non-hydrogen) atoms. The number of benzene rings is 1. The fraction of sp³-hybridized carbons (Fsp3) is 0.474. The molecule has 1 aliphatic rings. The molecule has 0 bridgehead atoms. The van der Waals surface area contributed by atoms with Crippen molar-refractivity contribution in [1.29, 1.82) is 0 Å². The summed E-state index contributed by atoms with van der Waals surface area (Å²) in [5.74, 6) is 0.323. The van der Waals surface area contributed by atoms with Gasteiger partial charge in [-0.3, -0.25) is 4.79 Å². The van der Waals surface area contributed by atoms with Crippen molar-refractivity contribution in [1.82, 2.24) is 10.1 Å². The average Bonchev–Trinajstić information content (AvgIpc) is 3.15. The number of hydrogen-bond acceptors (Lipinski definition) is 5. The van der Waals surface area contributed by atoms with Crippen molar-refractivity contribution in [3.8, 4) is 0 Å². The Morgan fingerprint density at radius 1 is 1.31 bits per heavy atom. The van der Waals surface area contributed by atoms with Crippen LogP contribution in [-0.4, -0.2) is 47.3 Å². The van der Waals surface area contributed by atoms with Gasteiger partial charge >= 0.3 is 6.18 Å². The predicted molar refractivity (Wildman–Crippen MR) is 101 cm³/mol. The van der Waals surface area contributed by atoms with Crippen LogP contribution in [0.3, 0.4) is 0 Å². The van der Waals surface area contributed by atoms with E-state index in [-0.39, 0.29) is 24.0 Å². The van der Waals surface area contributed by atoms with Crippen LogP contribution in [-0.2, 0) is 6.18 Å². The third kappa shape index (κ3) is 5.22. The normalized spacial score (nSPS) is 15.6. The molecule has 0 spiro atoms. The SMILES string of the molecule is O=C(c1ccc(C(F)(F)F)c(Cl)c1)N1CCC(c2cc(NCCCO)on2)CC1. The van der Waals surface area contributed by atoms with Crippen LogP contribution in [0.1, 0.15) is 46.8 Å². The molecular formula is C19H21ClF3N3O3. The Morgan fingerprint density at radius 3 is 2.66 bits per heavy atom. The third-order valence-electron chi connectivity index (χ3n) is 4.88. The largest absolute Gasteiger partial charge is 0.417 e. The van der Waals surface area contributed by atoms with Crippen LogP contribution in [0.4, 0.5) is 19.1 Å². The van der Waals surface area contributed by atoms with Crippen molar-refractivity contribution in [2.24, 2.45) is 0 Å². The van der Waals surface area contributed by atoms with Crippen LogP contribution in [0.25, 0.3) is 0 Å². The Hall–Kier alpha value is -2.26. The van der Waals surface area contributed by atoms with Crippen molar-refractivity contribution in [3.63, 3.8) is 0 Å². The maximum atomic E-state index is 12.8. The number of nitrogens with zero attached hydrogens (tertiary/aromatic N) is 2. The van der Waals surface area contributed by atoms with Gasteiger partial charge in [-0.25, -0.2) is 0 Å². The summed E-state index contributed by atoms with van der Waals surface area (Å²) in [5.41, 5.74) is -0.0247. The van der Waals surface area contributed by atoms with Crippen molar-refractivity contribution in [2.75, 3.05) is 31.6 Å². The molecule has 1 aromatic carbocycles. The van der Waals surface area contributed by atoms with E-state index in [2.05, 4.69) is 10.5 Å². The lowest BCUT2D eigenvalue weighted by Gasteiger charge is -2.31. The number of aromatic nitrogens is 1. The fourth-order valence-corrected chi connectivity index (χ4v) is 3.58. The Balaban J connectivity index is 1.58. The number of aliphatic hydroxyl groups excluding tert-OH is 1. The van der Waals surface area contributed by atoms with E-state index in [1.807, 2.05) is 6.07 Å². The third-order valence-corrected chi connectivity index (χ3v) is 5.20. The molecule has 1 fully saturated rings. The maximum Gasteiger partial charge on any atom is 0.417 e. The molecule has 3 rings (SSSR count). The van der Waals surface area contributed by atoms with E-state index in [0.29, 0.717) is 44.8 Å². The van der Waals surface area contributed by atoms with Crippen LogP contribution in [0.5, 0.6) is 0 Å². The zero-order valence-electron chi connectivity index (χ0n) is 15.5. The highest BCUT2D eigenvalue weighted by Crippen LogP contribution is 2.35. The van der Waals surface area contributed by atoms with Gasteiger partial charge in [0, 0.05) is 43.8 Å². The first-order valence-electron chi connectivity index (χ1n) is 9.27.